The van der Waals surface area contributed by atoms with Crippen molar-refractivity contribution in [2.24, 2.45) is 0 Å². The van der Waals surface area contributed by atoms with Gasteiger partial charge < -0.3 is 14.8 Å². The number of aliphatic hydroxyl groups excluding tert-OH is 1. The molecule has 2 heterocycles. The van der Waals surface area contributed by atoms with E-state index in [1.165, 1.54) is 6.26 Å². The minimum atomic E-state index is -0.794. The van der Waals surface area contributed by atoms with Crippen LogP contribution in [0.4, 0.5) is 0 Å². The van der Waals surface area contributed by atoms with Crippen molar-refractivity contribution >= 4 is 17.2 Å². The molecule has 0 spiro atoms. The summed E-state index contributed by atoms with van der Waals surface area (Å²) in [6, 6.07) is 7.19. The maximum atomic E-state index is 11.5. The molecule has 17 heavy (non-hydrogen) atoms. The Kier molecular flexibility index (Phi) is 3.95. The van der Waals surface area contributed by atoms with Gasteiger partial charge in [-0.25, -0.2) is 0 Å². The van der Waals surface area contributed by atoms with E-state index in [9.17, 15) is 9.90 Å². The Morgan fingerprint density at radius 3 is 3.00 bits per heavy atom. The number of furan rings is 1. The van der Waals surface area contributed by atoms with Crippen LogP contribution in [-0.4, -0.2) is 17.6 Å². The molecule has 0 aliphatic carbocycles. The van der Waals surface area contributed by atoms with E-state index in [1.54, 1.807) is 23.5 Å². The van der Waals surface area contributed by atoms with Gasteiger partial charge in [0.25, 0.3) is 0 Å². The molecule has 1 atom stereocenters. The van der Waals surface area contributed by atoms with E-state index < -0.39 is 6.10 Å². The Balaban J connectivity index is 1.76. The van der Waals surface area contributed by atoms with Gasteiger partial charge in [0.15, 0.2) is 0 Å². The molecule has 0 aliphatic heterocycles. The highest BCUT2D eigenvalue weighted by molar-refractivity contribution is 7.10. The summed E-state index contributed by atoms with van der Waals surface area (Å²) < 4.78 is 5.03. The lowest BCUT2D eigenvalue weighted by molar-refractivity contribution is -0.120. The molecule has 1 amide bonds. The first-order valence-corrected chi connectivity index (χ1v) is 6.14. The highest BCUT2D eigenvalue weighted by Crippen LogP contribution is 2.12. The SMILES string of the molecule is O=C(Cc1cccs1)NCC(O)c1ccco1. The average molecular weight is 251 g/mol. The van der Waals surface area contributed by atoms with E-state index in [1.807, 2.05) is 17.5 Å². The van der Waals surface area contributed by atoms with Gasteiger partial charge in [0.1, 0.15) is 11.9 Å². The van der Waals surface area contributed by atoms with E-state index in [0.717, 1.165) is 4.88 Å². The molecule has 0 fully saturated rings. The zero-order valence-electron chi connectivity index (χ0n) is 9.13. The molecule has 0 aromatic carbocycles. The third-order valence-electron chi connectivity index (χ3n) is 2.28. The summed E-state index contributed by atoms with van der Waals surface area (Å²) in [7, 11) is 0. The highest BCUT2D eigenvalue weighted by atomic mass is 32.1. The lowest BCUT2D eigenvalue weighted by atomic mass is 10.2. The van der Waals surface area contributed by atoms with E-state index in [4.69, 9.17) is 4.42 Å². The standard InChI is InChI=1S/C12H13NO3S/c14-10(11-4-1-5-16-11)8-13-12(15)7-9-3-2-6-17-9/h1-6,10,14H,7-8H2,(H,13,15). The topological polar surface area (TPSA) is 62.5 Å². The largest absolute Gasteiger partial charge is 0.467 e. The molecule has 2 aromatic heterocycles. The summed E-state index contributed by atoms with van der Waals surface area (Å²) in [6.07, 6.45) is 1.05. The Morgan fingerprint density at radius 1 is 1.47 bits per heavy atom. The Labute approximate surface area is 103 Å². The average Bonchev–Trinajstić information content (AvgIpc) is 2.97. The predicted molar refractivity (Wildman–Crippen MR) is 64.7 cm³/mol. The lowest BCUT2D eigenvalue weighted by Crippen LogP contribution is -2.29. The number of amides is 1. The van der Waals surface area contributed by atoms with Crippen LogP contribution in [0.2, 0.25) is 0 Å². The molecular weight excluding hydrogens is 238 g/mol. The van der Waals surface area contributed by atoms with Crippen molar-refractivity contribution in [1.82, 2.24) is 5.32 Å². The number of hydrogen-bond donors (Lipinski definition) is 2. The van der Waals surface area contributed by atoms with Crippen molar-refractivity contribution in [3.05, 3.63) is 46.5 Å². The van der Waals surface area contributed by atoms with Gasteiger partial charge >= 0.3 is 0 Å². The first-order valence-electron chi connectivity index (χ1n) is 5.26. The number of hydrogen-bond acceptors (Lipinski definition) is 4. The molecule has 0 saturated carbocycles. The van der Waals surface area contributed by atoms with Gasteiger partial charge in [-0.3, -0.25) is 4.79 Å². The van der Waals surface area contributed by atoms with Crippen LogP contribution >= 0.6 is 11.3 Å². The van der Waals surface area contributed by atoms with Gasteiger partial charge in [-0.05, 0) is 23.6 Å². The van der Waals surface area contributed by atoms with Crippen LogP contribution < -0.4 is 5.32 Å². The Hall–Kier alpha value is -1.59. The number of nitrogens with one attached hydrogen (secondary N) is 1. The normalized spacial score (nSPS) is 12.3. The van der Waals surface area contributed by atoms with Gasteiger partial charge in [-0.2, -0.15) is 0 Å². The summed E-state index contributed by atoms with van der Waals surface area (Å²) in [6.45, 7) is 0.164. The van der Waals surface area contributed by atoms with Crippen LogP contribution in [0.1, 0.15) is 16.7 Å². The summed E-state index contributed by atoms with van der Waals surface area (Å²) in [4.78, 5) is 12.5. The molecule has 0 aliphatic rings. The van der Waals surface area contributed by atoms with Gasteiger partial charge in [0.05, 0.1) is 19.2 Å². The minimum Gasteiger partial charge on any atom is -0.467 e. The van der Waals surface area contributed by atoms with Crippen molar-refractivity contribution in [3.8, 4) is 0 Å². The highest BCUT2D eigenvalue weighted by Gasteiger charge is 2.12. The van der Waals surface area contributed by atoms with Crippen molar-refractivity contribution in [2.45, 2.75) is 12.5 Å². The minimum absolute atomic E-state index is 0.0990. The van der Waals surface area contributed by atoms with Crippen LogP contribution in [0.5, 0.6) is 0 Å². The van der Waals surface area contributed by atoms with Gasteiger partial charge in [0.2, 0.25) is 5.91 Å². The first kappa shape index (κ1) is 11.9. The van der Waals surface area contributed by atoms with Crippen LogP contribution in [0.15, 0.2) is 40.3 Å². The van der Waals surface area contributed by atoms with E-state index >= 15 is 0 Å². The van der Waals surface area contributed by atoms with E-state index in [2.05, 4.69) is 5.32 Å². The Morgan fingerprint density at radius 2 is 2.35 bits per heavy atom. The predicted octanol–water partition coefficient (Wildman–Crippen LogP) is 1.73. The molecule has 0 radical (unpaired) electrons. The molecule has 1 unspecified atom stereocenters. The number of aliphatic hydroxyl groups is 1. The lowest BCUT2D eigenvalue weighted by Gasteiger charge is -2.08. The number of carbonyl (C=O) groups is 1. The fraction of sp³-hybridized carbons (Fsp3) is 0.250. The molecule has 90 valence electrons. The van der Waals surface area contributed by atoms with Crippen LogP contribution in [0.3, 0.4) is 0 Å². The van der Waals surface area contributed by atoms with Crippen LogP contribution in [0.25, 0.3) is 0 Å². The molecular formula is C12H13NO3S. The molecule has 2 rings (SSSR count). The second-order valence-corrected chi connectivity index (χ2v) is 4.62. The second-order valence-electron chi connectivity index (χ2n) is 3.59. The zero-order chi connectivity index (χ0) is 12.1. The summed E-state index contributed by atoms with van der Waals surface area (Å²) in [5, 5.41) is 14.3. The number of carbonyl (C=O) groups excluding carboxylic acids is 1. The van der Waals surface area contributed by atoms with Gasteiger partial charge in [0, 0.05) is 4.88 Å². The Bertz CT molecular complexity index is 450. The van der Waals surface area contributed by atoms with Crippen molar-refractivity contribution in [3.63, 3.8) is 0 Å². The smallest absolute Gasteiger partial charge is 0.225 e. The maximum Gasteiger partial charge on any atom is 0.225 e. The number of rotatable bonds is 5. The number of thiophene rings is 1. The zero-order valence-corrected chi connectivity index (χ0v) is 9.94. The van der Waals surface area contributed by atoms with E-state index in [-0.39, 0.29) is 12.5 Å². The molecule has 4 nitrogen and oxygen atoms in total. The second kappa shape index (κ2) is 5.65. The van der Waals surface area contributed by atoms with Crippen molar-refractivity contribution < 1.29 is 14.3 Å². The molecule has 2 aromatic rings. The fourth-order valence-electron chi connectivity index (χ4n) is 1.43. The molecule has 2 N–H and O–H groups in total. The molecule has 5 heteroatoms. The summed E-state index contributed by atoms with van der Waals surface area (Å²) >= 11 is 1.54. The third kappa shape index (κ3) is 3.44. The molecule has 0 saturated heterocycles. The van der Waals surface area contributed by atoms with Crippen LogP contribution in [0, 0.1) is 0 Å². The van der Waals surface area contributed by atoms with Crippen molar-refractivity contribution in [1.29, 1.82) is 0 Å². The fourth-order valence-corrected chi connectivity index (χ4v) is 2.13. The quantitative estimate of drug-likeness (QED) is 0.850. The maximum absolute atomic E-state index is 11.5. The van der Waals surface area contributed by atoms with Gasteiger partial charge in [-0.1, -0.05) is 6.07 Å². The van der Waals surface area contributed by atoms with Gasteiger partial charge in [-0.15, -0.1) is 11.3 Å². The third-order valence-corrected chi connectivity index (χ3v) is 3.16. The summed E-state index contributed by atoms with van der Waals surface area (Å²) in [5.74, 6) is 0.361. The summed E-state index contributed by atoms with van der Waals surface area (Å²) in [5.41, 5.74) is 0. The molecule has 0 bridgehead atoms. The monoisotopic (exact) mass is 251 g/mol. The first-order chi connectivity index (χ1) is 8.25. The van der Waals surface area contributed by atoms with Crippen molar-refractivity contribution in [2.75, 3.05) is 6.54 Å². The van der Waals surface area contributed by atoms with Crippen LogP contribution in [-0.2, 0) is 11.2 Å². The van der Waals surface area contributed by atoms with E-state index in [0.29, 0.717) is 12.2 Å².